The van der Waals surface area contributed by atoms with Crippen LogP contribution in [0.15, 0.2) is 0 Å². The van der Waals surface area contributed by atoms with Crippen LogP contribution in [0, 0.1) is 6.43 Å². The summed E-state index contributed by atoms with van der Waals surface area (Å²) < 4.78 is 55.6. The Morgan fingerprint density at radius 2 is 1.56 bits per heavy atom. The molecule has 55 valence electrons. The fraction of sp³-hybridized carbons (Fsp3) is 0.750. The van der Waals surface area contributed by atoms with Crippen LogP contribution in [0.3, 0.4) is 0 Å². The van der Waals surface area contributed by atoms with Crippen molar-refractivity contribution in [1.29, 1.82) is 0 Å². The Morgan fingerprint density at radius 1 is 1.11 bits per heavy atom. The summed E-state index contributed by atoms with van der Waals surface area (Å²) in [6.07, 6.45) is -9.80. The highest BCUT2D eigenvalue weighted by Crippen LogP contribution is 2.18. The van der Waals surface area contributed by atoms with E-state index in [2.05, 4.69) is 0 Å². The number of rotatable bonds is 3. The molecule has 0 aromatic heterocycles. The number of hydrogen-bond donors (Lipinski definition) is 0. The average molecular weight is 147 g/mol. The molecule has 0 heterocycles. The topological polar surface area (TPSA) is 0 Å². The van der Waals surface area contributed by atoms with Gasteiger partial charge in [0.05, 0.1) is 6.42 Å². The molecule has 0 aromatic rings. The smallest absolute Gasteiger partial charge is 0.241 e. The zero-order chi connectivity index (χ0) is 7.44. The van der Waals surface area contributed by atoms with E-state index in [1.54, 1.807) is 0 Å². The summed E-state index contributed by atoms with van der Waals surface area (Å²) in [5.74, 6) is 0. The van der Waals surface area contributed by atoms with Crippen LogP contribution in [0.2, 0.25) is 0 Å². The van der Waals surface area contributed by atoms with Gasteiger partial charge < -0.3 is 0 Å². The second-order valence-corrected chi connectivity index (χ2v) is 1.39. The van der Waals surface area contributed by atoms with Gasteiger partial charge >= 0.3 is 6.43 Å². The van der Waals surface area contributed by atoms with Crippen LogP contribution in [-0.2, 0) is 0 Å². The summed E-state index contributed by atoms with van der Waals surface area (Å²) >= 11 is 0. The van der Waals surface area contributed by atoms with Crippen molar-refractivity contribution in [3.05, 3.63) is 6.43 Å². The lowest BCUT2D eigenvalue weighted by Gasteiger charge is -2.02. The van der Waals surface area contributed by atoms with E-state index in [1.165, 1.54) is 0 Å². The van der Waals surface area contributed by atoms with E-state index in [1.807, 2.05) is 0 Å². The molecule has 0 aliphatic rings. The fourth-order valence-corrected chi connectivity index (χ4v) is 0.236. The van der Waals surface area contributed by atoms with E-state index in [4.69, 9.17) is 0 Å². The third-order valence-corrected chi connectivity index (χ3v) is 0.623. The number of halogens is 5. The molecule has 0 saturated heterocycles. The van der Waals surface area contributed by atoms with Gasteiger partial charge in [-0.1, -0.05) is 0 Å². The molecule has 0 aliphatic carbocycles. The van der Waals surface area contributed by atoms with Crippen LogP contribution in [0.25, 0.3) is 0 Å². The summed E-state index contributed by atoms with van der Waals surface area (Å²) in [6.45, 7) is 0. The van der Waals surface area contributed by atoms with Gasteiger partial charge in [-0.2, -0.15) is 8.78 Å². The van der Waals surface area contributed by atoms with Crippen molar-refractivity contribution in [2.45, 2.75) is 19.0 Å². The molecule has 9 heavy (non-hydrogen) atoms. The standard InChI is InChI=1S/C4H4F5/c5-2(4(8)9)1-3(6)7/h2,4H,1H2. The first kappa shape index (κ1) is 8.65. The predicted molar refractivity (Wildman–Crippen MR) is 21.0 cm³/mol. The minimum absolute atomic E-state index is 1.46. The Balaban J connectivity index is 3.38. The SMILES string of the molecule is F[C](F)CC(F)C(F)F. The summed E-state index contributed by atoms with van der Waals surface area (Å²) in [4.78, 5) is 0. The highest BCUT2D eigenvalue weighted by Gasteiger charge is 2.24. The van der Waals surface area contributed by atoms with Gasteiger partial charge in [0.25, 0.3) is 6.43 Å². The lowest BCUT2D eigenvalue weighted by Crippen LogP contribution is -2.12. The third kappa shape index (κ3) is 4.17. The van der Waals surface area contributed by atoms with Gasteiger partial charge in [-0.3, -0.25) is 0 Å². The van der Waals surface area contributed by atoms with Crippen LogP contribution in [-0.4, -0.2) is 12.6 Å². The molecule has 0 saturated carbocycles. The fourth-order valence-electron chi connectivity index (χ4n) is 0.236. The van der Waals surface area contributed by atoms with Gasteiger partial charge in [-0.05, 0) is 0 Å². The molecule has 0 bridgehead atoms. The minimum Gasteiger partial charge on any atom is -0.241 e. The quantitative estimate of drug-likeness (QED) is 0.537. The van der Waals surface area contributed by atoms with Crippen LogP contribution in [0.5, 0.6) is 0 Å². The van der Waals surface area contributed by atoms with Crippen molar-refractivity contribution in [1.82, 2.24) is 0 Å². The molecule has 0 aliphatic heterocycles. The maximum Gasteiger partial charge on any atom is 0.313 e. The normalized spacial score (nSPS) is 15.0. The van der Waals surface area contributed by atoms with E-state index >= 15 is 0 Å². The highest BCUT2D eigenvalue weighted by atomic mass is 19.3. The molecular weight excluding hydrogens is 143 g/mol. The molecule has 0 aromatic carbocycles. The lowest BCUT2D eigenvalue weighted by atomic mass is 10.3. The first-order valence-electron chi connectivity index (χ1n) is 2.13. The molecule has 0 rings (SSSR count). The summed E-state index contributed by atoms with van der Waals surface area (Å²) in [6, 6.07) is 0. The molecule has 0 fully saturated rings. The Bertz CT molecular complexity index is 71.4. The van der Waals surface area contributed by atoms with Gasteiger partial charge in [0.15, 0.2) is 6.17 Å². The van der Waals surface area contributed by atoms with Crippen molar-refractivity contribution in [2.24, 2.45) is 0 Å². The number of alkyl halides is 3. The first-order valence-corrected chi connectivity index (χ1v) is 2.13. The Hall–Kier alpha value is -0.350. The molecule has 0 N–H and O–H groups in total. The van der Waals surface area contributed by atoms with E-state index in [-0.39, 0.29) is 0 Å². The van der Waals surface area contributed by atoms with Crippen molar-refractivity contribution < 1.29 is 22.0 Å². The van der Waals surface area contributed by atoms with E-state index in [9.17, 15) is 22.0 Å². The lowest BCUT2D eigenvalue weighted by molar-refractivity contribution is 0.0331. The van der Waals surface area contributed by atoms with Crippen molar-refractivity contribution >= 4 is 0 Å². The second-order valence-electron chi connectivity index (χ2n) is 1.39. The molecule has 0 amide bonds. The van der Waals surface area contributed by atoms with Gasteiger partial charge in [0.1, 0.15) is 0 Å². The van der Waals surface area contributed by atoms with Gasteiger partial charge in [0.2, 0.25) is 0 Å². The van der Waals surface area contributed by atoms with E-state index in [0.717, 1.165) is 0 Å². The molecule has 1 atom stereocenters. The predicted octanol–water partition coefficient (Wildman–Crippen LogP) is 2.41. The van der Waals surface area contributed by atoms with E-state index < -0.39 is 25.4 Å². The second kappa shape index (κ2) is 3.63. The largest absolute Gasteiger partial charge is 0.313 e. The molecule has 0 spiro atoms. The van der Waals surface area contributed by atoms with Gasteiger partial charge in [0, 0.05) is 0 Å². The molecule has 0 nitrogen and oxygen atoms in total. The first-order chi connectivity index (χ1) is 4.04. The van der Waals surface area contributed by atoms with Gasteiger partial charge in [-0.15, -0.1) is 0 Å². The summed E-state index contributed by atoms with van der Waals surface area (Å²) in [7, 11) is 0. The van der Waals surface area contributed by atoms with Crippen molar-refractivity contribution in [3.63, 3.8) is 0 Å². The maximum absolute atomic E-state index is 11.5. The highest BCUT2D eigenvalue weighted by molar-refractivity contribution is 4.69. The minimum atomic E-state index is -3.31. The van der Waals surface area contributed by atoms with Crippen LogP contribution in [0.1, 0.15) is 6.42 Å². The molecule has 1 unspecified atom stereocenters. The zero-order valence-electron chi connectivity index (χ0n) is 4.25. The average Bonchev–Trinajstić information content (AvgIpc) is 1.63. The van der Waals surface area contributed by atoms with Crippen LogP contribution < -0.4 is 0 Å². The van der Waals surface area contributed by atoms with Crippen molar-refractivity contribution in [3.8, 4) is 0 Å². The Labute approximate surface area is 48.7 Å². The molecule has 5 heteroatoms. The van der Waals surface area contributed by atoms with Crippen LogP contribution in [0.4, 0.5) is 22.0 Å². The molecular formula is C4H4F5. The summed E-state index contributed by atoms with van der Waals surface area (Å²) in [5, 5.41) is 0. The van der Waals surface area contributed by atoms with Crippen LogP contribution >= 0.6 is 0 Å². The van der Waals surface area contributed by atoms with Crippen molar-refractivity contribution in [2.75, 3.05) is 0 Å². The van der Waals surface area contributed by atoms with E-state index in [0.29, 0.717) is 0 Å². The Morgan fingerprint density at radius 3 is 1.67 bits per heavy atom. The Kier molecular flexibility index (Phi) is 3.49. The molecule has 1 radical (unpaired) electrons. The summed E-state index contributed by atoms with van der Waals surface area (Å²) in [5.41, 5.74) is 0. The monoisotopic (exact) mass is 147 g/mol. The maximum atomic E-state index is 11.5. The number of hydrogen-bond acceptors (Lipinski definition) is 0. The zero-order valence-corrected chi connectivity index (χ0v) is 4.25. The third-order valence-electron chi connectivity index (χ3n) is 0.623. The van der Waals surface area contributed by atoms with Gasteiger partial charge in [-0.25, -0.2) is 13.2 Å².